The normalized spacial score (nSPS) is 10.4. The van der Waals surface area contributed by atoms with Crippen molar-refractivity contribution in [3.05, 3.63) is 51.2 Å². The number of pyridine rings is 1. The van der Waals surface area contributed by atoms with Gasteiger partial charge in [0, 0.05) is 28.5 Å². The summed E-state index contributed by atoms with van der Waals surface area (Å²) < 4.78 is 6.52. The molecule has 0 atom stereocenters. The fourth-order valence-electron chi connectivity index (χ4n) is 1.45. The highest BCUT2D eigenvalue weighted by molar-refractivity contribution is 9.10. The molecule has 2 aromatic rings. The predicted molar refractivity (Wildman–Crippen MR) is 74.1 cm³/mol. The van der Waals surface area contributed by atoms with Crippen LogP contribution in [0.15, 0.2) is 34.9 Å². The highest BCUT2D eigenvalue weighted by atomic mass is 79.9. The van der Waals surface area contributed by atoms with E-state index in [1.165, 1.54) is 0 Å². The van der Waals surface area contributed by atoms with Crippen molar-refractivity contribution in [2.45, 2.75) is 13.5 Å². The van der Waals surface area contributed by atoms with Gasteiger partial charge in [-0.25, -0.2) is 0 Å². The van der Waals surface area contributed by atoms with Crippen LogP contribution in [0.1, 0.15) is 11.3 Å². The van der Waals surface area contributed by atoms with Crippen LogP contribution in [-0.4, -0.2) is 10.1 Å². The van der Waals surface area contributed by atoms with Crippen LogP contribution in [0.5, 0.6) is 11.5 Å². The summed E-state index contributed by atoms with van der Waals surface area (Å²) in [6, 6.07) is 7.05. The molecule has 2 rings (SSSR count). The molecule has 0 saturated heterocycles. The van der Waals surface area contributed by atoms with Crippen molar-refractivity contribution in [3.8, 4) is 11.5 Å². The highest BCUT2D eigenvalue weighted by Gasteiger charge is 2.08. The minimum absolute atomic E-state index is 0.117. The van der Waals surface area contributed by atoms with E-state index in [-0.39, 0.29) is 6.61 Å². The quantitative estimate of drug-likeness (QED) is 0.922. The molecule has 0 amide bonds. The summed E-state index contributed by atoms with van der Waals surface area (Å²) in [4.78, 5) is 4.12. The first-order chi connectivity index (χ1) is 8.60. The monoisotopic (exact) mass is 327 g/mol. The molecule has 94 valence electrons. The Kier molecular flexibility index (Phi) is 4.22. The summed E-state index contributed by atoms with van der Waals surface area (Å²) in [7, 11) is 0. The van der Waals surface area contributed by atoms with Gasteiger partial charge in [-0.15, -0.1) is 0 Å². The minimum Gasteiger partial charge on any atom is -0.456 e. The zero-order valence-corrected chi connectivity index (χ0v) is 12.0. The summed E-state index contributed by atoms with van der Waals surface area (Å²) in [6.07, 6.45) is 1.61. The summed E-state index contributed by atoms with van der Waals surface area (Å²) in [5, 5.41) is 9.88. The van der Waals surface area contributed by atoms with E-state index < -0.39 is 0 Å². The molecule has 18 heavy (non-hydrogen) atoms. The number of benzene rings is 1. The smallest absolute Gasteiger partial charge is 0.141 e. The standard InChI is InChI=1S/C13H11BrClNO2/c1-8-4-13(9(7-17)6-16-8)18-12-3-2-10(15)5-11(12)14/h2-6,17H,7H2,1H3. The van der Waals surface area contributed by atoms with E-state index in [1.807, 2.05) is 6.92 Å². The number of hydrogen-bond acceptors (Lipinski definition) is 3. The molecule has 1 aromatic carbocycles. The first-order valence-electron chi connectivity index (χ1n) is 5.29. The maximum absolute atomic E-state index is 9.25. The second-order valence-electron chi connectivity index (χ2n) is 3.77. The van der Waals surface area contributed by atoms with Crippen LogP contribution in [0, 0.1) is 6.92 Å². The third-order valence-electron chi connectivity index (χ3n) is 2.36. The van der Waals surface area contributed by atoms with E-state index in [1.54, 1.807) is 30.5 Å². The van der Waals surface area contributed by atoms with Gasteiger partial charge < -0.3 is 9.84 Å². The molecule has 0 aliphatic carbocycles. The molecule has 0 fully saturated rings. The van der Waals surface area contributed by atoms with Gasteiger partial charge in [0.05, 0.1) is 11.1 Å². The third-order valence-corrected chi connectivity index (χ3v) is 3.22. The topological polar surface area (TPSA) is 42.4 Å². The molecule has 0 radical (unpaired) electrons. The average Bonchev–Trinajstić information content (AvgIpc) is 2.33. The second kappa shape index (κ2) is 5.69. The molecular weight excluding hydrogens is 318 g/mol. The Morgan fingerprint density at radius 3 is 2.78 bits per heavy atom. The Hall–Kier alpha value is -1.10. The second-order valence-corrected chi connectivity index (χ2v) is 5.06. The van der Waals surface area contributed by atoms with Gasteiger partial charge in [0.1, 0.15) is 11.5 Å². The average molecular weight is 329 g/mol. The number of ether oxygens (including phenoxy) is 1. The molecule has 3 nitrogen and oxygen atoms in total. The molecule has 1 N–H and O–H groups in total. The molecule has 0 bridgehead atoms. The van der Waals surface area contributed by atoms with Crippen molar-refractivity contribution in [1.29, 1.82) is 0 Å². The summed E-state index contributed by atoms with van der Waals surface area (Å²) in [5.74, 6) is 1.23. The number of aryl methyl sites for hydroxylation is 1. The number of hydrogen-bond donors (Lipinski definition) is 1. The van der Waals surface area contributed by atoms with Crippen LogP contribution >= 0.6 is 27.5 Å². The Morgan fingerprint density at radius 2 is 2.11 bits per heavy atom. The van der Waals surface area contributed by atoms with Crippen LogP contribution in [0.3, 0.4) is 0 Å². The van der Waals surface area contributed by atoms with Gasteiger partial charge in [0.15, 0.2) is 0 Å². The van der Waals surface area contributed by atoms with Crippen LogP contribution < -0.4 is 4.74 Å². The lowest BCUT2D eigenvalue weighted by molar-refractivity contribution is 0.276. The molecule has 1 heterocycles. The maximum atomic E-state index is 9.25. The lowest BCUT2D eigenvalue weighted by atomic mass is 10.2. The number of aliphatic hydroxyl groups is 1. The van der Waals surface area contributed by atoms with Gasteiger partial charge in [0.2, 0.25) is 0 Å². The first-order valence-corrected chi connectivity index (χ1v) is 6.46. The number of aromatic nitrogens is 1. The van der Waals surface area contributed by atoms with Gasteiger partial charge >= 0.3 is 0 Å². The molecule has 1 aromatic heterocycles. The van der Waals surface area contributed by atoms with Gasteiger partial charge in [-0.2, -0.15) is 0 Å². The van der Waals surface area contributed by atoms with Crippen LogP contribution in [0.4, 0.5) is 0 Å². The van der Waals surface area contributed by atoms with Gasteiger partial charge in [-0.3, -0.25) is 4.98 Å². The van der Waals surface area contributed by atoms with E-state index in [0.717, 1.165) is 10.2 Å². The van der Waals surface area contributed by atoms with Crippen molar-refractivity contribution in [2.24, 2.45) is 0 Å². The van der Waals surface area contributed by atoms with Crippen LogP contribution in [0.25, 0.3) is 0 Å². The van der Waals surface area contributed by atoms with Crippen molar-refractivity contribution in [3.63, 3.8) is 0 Å². The summed E-state index contributed by atoms with van der Waals surface area (Å²) >= 11 is 9.25. The lowest BCUT2D eigenvalue weighted by Crippen LogP contribution is -1.95. The van der Waals surface area contributed by atoms with E-state index in [4.69, 9.17) is 16.3 Å². The van der Waals surface area contributed by atoms with Crippen LogP contribution in [-0.2, 0) is 6.61 Å². The van der Waals surface area contributed by atoms with Gasteiger partial charge in [-0.05, 0) is 41.1 Å². The van der Waals surface area contributed by atoms with Gasteiger partial charge in [0.25, 0.3) is 0 Å². The first kappa shape index (κ1) is 13.3. The Balaban J connectivity index is 2.36. The number of halogens is 2. The molecule has 0 saturated carbocycles. The fraction of sp³-hybridized carbons (Fsp3) is 0.154. The van der Waals surface area contributed by atoms with Gasteiger partial charge in [-0.1, -0.05) is 11.6 Å². The van der Waals surface area contributed by atoms with Crippen molar-refractivity contribution >= 4 is 27.5 Å². The van der Waals surface area contributed by atoms with Crippen molar-refractivity contribution in [1.82, 2.24) is 4.98 Å². The molecular formula is C13H11BrClNO2. The molecule has 0 unspecified atom stereocenters. The minimum atomic E-state index is -0.117. The molecule has 5 heteroatoms. The largest absolute Gasteiger partial charge is 0.456 e. The zero-order chi connectivity index (χ0) is 13.1. The van der Waals surface area contributed by atoms with Crippen LogP contribution in [0.2, 0.25) is 5.02 Å². The zero-order valence-electron chi connectivity index (χ0n) is 9.65. The Morgan fingerprint density at radius 1 is 1.33 bits per heavy atom. The van der Waals surface area contributed by atoms with E-state index in [9.17, 15) is 5.11 Å². The van der Waals surface area contributed by atoms with Crippen molar-refractivity contribution in [2.75, 3.05) is 0 Å². The van der Waals surface area contributed by atoms with E-state index in [0.29, 0.717) is 22.1 Å². The number of nitrogens with zero attached hydrogens (tertiary/aromatic N) is 1. The molecule has 0 spiro atoms. The maximum Gasteiger partial charge on any atom is 0.141 e. The summed E-state index contributed by atoms with van der Waals surface area (Å²) in [6.45, 7) is 1.75. The fourth-order valence-corrected chi connectivity index (χ4v) is 2.22. The molecule has 0 aliphatic heterocycles. The van der Waals surface area contributed by atoms with Crippen molar-refractivity contribution < 1.29 is 9.84 Å². The molecule has 0 aliphatic rings. The number of aliphatic hydroxyl groups excluding tert-OH is 1. The predicted octanol–water partition coefficient (Wildman–Crippen LogP) is 4.09. The SMILES string of the molecule is Cc1cc(Oc2ccc(Cl)cc2Br)c(CO)cn1. The lowest BCUT2D eigenvalue weighted by Gasteiger charge is -2.11. The Bertz CT molecular complexity index is 575. The summed E-state index contributed by atoms with van der Waals surface area (Å²) in [5.41, 5.74) is 1.47. The highest BCUT2D eigenvalue weighted by Crippen LogP contribution is 2.33. The Labute approximate surface area is 119 Å². The van der Waals surface area contributed by atoms with E-state index >= 15 is 0 Å². The number of rotatable bonds is 3. The third kappa shape index (κ3) is 3.02. The van der Waals surface area contributed by atoms with E-state index in [2.05, 4.69) is 20.9 Å².